The largest absolute Gasteiger partial charge is 0.338 e. The molecule has 0 aliphatic carbocycles. The zero-order valence-electron chi connectivity index (χ0n) is 20.0. The first-order chi connectivity index (χ1) is 15.9. The topological polar surface area (TPSA) is 71.3 Å². The van der Waals surface area contributed by atoms with Gasteiger partial charge in [-0.3, -0.25) is 9.59 Å². The fourth-order valence-electron chi connectivity index (χ4n) is 4.65. The molecule has 0 N–H and O–H groups in total. The number of benzene rings is 1. The van der Waals surface area contributed by atoms with Crippen molar-refractivity contribution in [1.82, 2.24) is 24.6 Å². The number of fused-ring (bicyclic) bond motifs is 1. The molecule has 1 aromatic carbocycles. The SMILES string of the molecule is CCCN(C(=O)c1cc2cnn(C(C)C)c2nc1C)C1CCN(C(=O)c2ccccc2)CC1. The summed E-state index contributed by atoms with van der Waals surface area (Å²) in [4.78, 5) is 35.1. The number of aromatic nitrogens is 3. The molecule has 2 amide bonds. The summed E-state index contributed by atoms with van der Waals surface area (Å²) in [6.45, 7) is 10.1. The van der Waals surface area contributed by atoms with Gasteiger partial charge >= 0.3 is 0 Å². The van der Waals surface area contributed by atoms with Crippen LogP contribution in [0, 0.1) is 6.92 Å². The number of carbonyl (C=O) groups excluding carboxylic acids is 2. The van der Waals surface area contributed by atoms with E-state index in [1.807, 2.05) is 57.8 Å². The molecule has 0 radical (unpaired) electrons. The van der Waals surface area contributed by atoms with Crippen LogP contribution in [0.15, 0.2) is 42.6 Å². The summed E-state index contributed by atoms with van der Waals surface area (Å²) in [6.07, 6.45) is 4.24. The lowest BCUT2D eigenvalue weighted by Gasteiger charge is -2.38. The monoisotopic (exact) mass is 447 g/mol. The number of likely N-dealkylation sites (tertiary alicyclic amines) is 1. The number of pyridine rings is 1. The summed E-state index contributed by atoms with van der Waals surface area (Å²) < 4.78 is 1.89. The van der Waals surface area contributed by atoms with Crippen LogP contribution in [-0.4, -0.2) is 62.1 Å². The van der Waals surface area contributed by atoms with Gasteiger partial charge in [-0.15, -0.1) is 0 Å². The van der Waals surface area contributed by atoms with E-state index >= 15 is 0 Å². The molecule has 174 valence electrons. The normalized spacial score (nSPS) is 14.8. The lowest BCUT2D eigenvalue weighted by Crippen LogP contribution is -2.49. The standard InChI is InChI=1S/C26H33N5O2/c1-5-13-30(22-11-14-29(15-12-22)25(32)20-9-7-6-8-10-20)26(33)23-16-21-17-27-31(18(2)3)24(21)28-19(23)4/h6-10,16-18,22H,5,11-15H2,1-4H3. The van der Waals surface area contributed by atoms with Crippen LogP contribution in [0.25, 0.3) is 11.0 Å². The molecular formula is C26H33N5O2. The molecule has 3 heterocycles. The molecule has 7 heteroatoms. The number of amides is 2. The zero-order valence-corrected chi connectivity index (χ0v) is 20.0. The smallest absolute Gasteiger partial charge is 0.255 e. The van der Waals surface area contributed by atoms with Crippen LogP contribution in [0.5, 0.6) is 0 Å². The predicted molar refractivity (Wildman–Crippen MR) is 129 cm³/mol. The molecule has 7 nitrogen and oxygen atoms in total. The second-order valence-corrected chi connectivity index (χ2v) is 9.11. The van der Waals surface area contributed by atoms with Crippen LogP contribution in [0.4, 0.5) is 0 Å². The van der Waals surface area contributed by atoms with Crippen molar-refractivity contribution in [1.29, 1.82) is 0 Å². The molecule has 0 spiro atoms. The summed E-state index contributed by atoms with van der Waals surface area (Å²) in [5.41, 5.74) is 2.90. The molecule has 0 bridgehead atoms. The van der Waals surface area contributed by atoms with Gasteiger partial charge < -0.3 is 9.80 Å². The maximum Gasteiger partial charge on any atom is 0.255 e. The first kappa shape index (κ1) is 23.0. The van der Waals surface area contributed by atoms with Crippen molar-refractivity contribution in [2.75, 3.05) is 19.6 Å². The predicted octanol–water partition coefficient (Wildman–Crippen LogP) is 4.48. The molecule has 1 fully saturated rings. The summed E-state index contributed by atoms with van der Waals surface area (Å²) in [5, 5.41) is 5.34. The van der Waals surface area contributed by atoms with Gasteiger partial charge in [-0.05, 0) is 58.2 Å². The fourth-order valence-corrected chi connectivity index (χ4v) is 4.65. The second-order valence-electron chi connectivity index (χ2n) is 9.11. The Hall–Kier alpha value is -3.22. The van der Waals surface area contributed by atoms with Gasteiger partial charge in [0.2, 0.25) is 0 Å². The molecule has 0 unspecified atom stereocenters. The lowest BCUT2D eigenvalue weighted by molar-refractivity contribution is 0.0518. The fraction of sp³-hybridized carbons (Fsp3) is 0.462. The second kappa shape index (κ2) is 9.73. The van der Waals surface area contributed by atoms with Gasteiger partial charge in [0.1, 0.15) is 0 Å². The van der Waals surface area contributed by atoms with Crippen molar-refractivity contribution in [2.24, 2.45) is 0 Å². The summed E-state index contributed by atoms with van der Waals surface area (Å²) in [6, 6.07) is 11.7. The van der Waals surface area contributed by atoms with E-state index in [-0.39, 0.29) is 23.9 Å². The number of carbonyl (C=O) groups is 2. The van der Waals surface area contributed by atoms with Gasteiger partial charge in [0.05, 0.1) is 17.5 Å². The van der Waals surface area contributed by atoms with Crippen molar-refractivity contribution in [3.63, 3.8) is 0 Å². The Kier molecular flexibility index (Phi) is 6.77. The minimum Gasteiger partial charge on any atom is -0.338 e. The number of piperidine rings is 1. The highest BCUT2D eigenvalue weighted by molar-refractivity contribution is 5.98. The Balaban J connectivity index is 1.51. The highest BCUT2D eigenvalue weighted by atomic mass is 16.2. The minimum atomic E-state index is 0.0221. The van der Waals surface area contributed by atoms with E-state index in [4.69, 9.17) is 4.98 Å². The van der Waals surface area contributed by atoms with Crippen LogP contribution in [0.1, 0.15) is 72.5 Å². The Labute approximate surface area is 195 Å². The van der Waals surface area contributed by atoms with Crippen molar-refractivity contribution < 1.29 is 9.59 Å². The number of hydrogen-bond donors (Lipinski definition) is 0. The number of nitrogens with zero attached hydrogens (tertiary/aromatic N) is 5. The van der Waals surface area contributed by atoms with Crippen LogP contribution in [-0.2, 0) is 0 Å². The number of hydrogen-bond acceptors (Lipinski definition) is 4. The van der Waals surface area contributed by atoms with Gasteiger partial charge in [0.25, 0.3) is 11.8 Å². The van der Waals surface area contributed by atoms with Crippen LogP contribution in [0.3, 0.4) is 0 Å². The van der Waals surface area contributed by atoms with E-state index in [2.05, 4.69) is 25.9 Å². The molecule has 4 rings (SSSR count). The van der Waals surface area contributed by atoms with Gasteiger partial charge in [0, 0.05) is 42.7 Å². The molecule has 1 saturated heterocycles. The summed E-state index contributed by atoms with van der Waals surface area (Å²) >= 11 is 0. The van der Waals surface area contributed by atoms with E-state index < -0.39 is 0 Å². The number of aryl methyl sites for hydroxylation is 1. The molecule has 0 saturated carbocycles. The molecule has 1 aliphatic heterocycles. The first-order valence-electron chi connectivity index (χ1n) is 11.9. The van der Waals surface area contributed by atoms with E-state index in [9.17, 15) is 9.59 Å². The van der Waals surface area contributed by atoms with Gasteiger partial charge in [-0.1, -0.05) is 25.1 Å². The molecule has 2 aromatic heterocycles. The van der Waals surface area contributed by atoms with Crippen molar-refractivity contribution >= 4 is 22.8 Å². The van der Waals surface area contributed by atoms with Gasteiger partial charge in [-0.2, -0.15) is 5.10 Å². The van der Waals surface area contributed by atoms with Crippen molar-refractivity contribution in [2.45, 2.75) is 59.0 Å². The molecular weight excluding hydrogens is 414 g/mol. The summed E-state index contributed by atoms with van der Waals surface area (Å²) in [7, 11) is 0. The van der Waals surface area contributed by atoms with Crippen LogP contribution < -0.4 is 0 Å². The summed E-state index contributed by atoms with van der Waals surface area (Å²) in [5.74, 6) is 0.0870. The molecule has 1 aliphatic rings. The highest BCUT2D eigenvalue weighted by Crippen LogP contribution is 2.24. The van der Waals surface area contributed by atoms with E-state index in [1.54, 1.807) is 6.20 Å². The highest BCUT2D eigenvalue weighted by Gasteiger charge is 2.31. The third-order valence-electron chi connectivity index (χ3n) is 6.42. The van der Waals surface area contributed by atoms with Crippen LogP contribution in [0.2, 0.25) is 0 Å². The first-order valence-corrected chi connectivity index (χ1v) is 11.9. The van der Waals surface area contributed by atoms with Crippen molar-refractivity contribution in [3.05, 3.63) is 59.4 Å². The average Bonchev–Trinajstić information content (AvgIpc) is 3.25. The quantitative estimate of drug-likeness (QED) is 0.559. The lowest BCUT2D eigenvalue weighted by atomic mass is 10.00. The zero-order chi connectivity index (χ0) is 23.5. The third kappa shape index (κ3) is 4.63. The molecule has 0 atom stereocenters. The average molecular weight is 448 g/mol. The number of rotatable bonds is 6. The van der Waals surface area contributed by atoms with Crippen LogP contribution >= 0.6 is 0 Å². The Morgan fingerprint density at radius 1 is 1.15 bits per heavy atom. The third-order valence-corrected chi connectivity index (χ3v) is 6.42. The Morgan fingerprint density at radius 2 is 1.85 bits per heavy atom. The maximum atomic E-state index is 13.7. The minimum absolute atomic E-state index is 0.0221. The van der Waals surface area contributed by atoms with E-state index in [1.165, 1.54) is 0 Å². The van der Waals surface area contributed by atoms with E-state index in [0.29, 0.717) is 25.2 Å². The van der Waals surface area contributed by atoms with Gasteiger partial charge in [0.15, 0.2) is 5.65 Å². The Morgan fingerprint density at radius 3 is 2.48 bits per heavy atom. The maximum absolute atomic E-state index is 13.7. The Bertz CT molecular complexity index is 1130. The molecule has 33 heavy (non-hydrogen) atoms. The molecule has 3 aromatic rings. The van der Waals surface area contributed by atoms with Crippen molar-refractivity contribution in [3.8, 4) is 0 Å². The van der Waals surface area contributed by atoms with E-state index in [0.717, 1.165) is 41.6 Å². The van der Waals surface area contributed by atoms with Gasteiger partial charge in [-0.25, -0.2) is 9.67 Å².